The molecule has 0 aliphatic carbocycles. The highest BCUT2D eigenvalue weighted by Crippen LogP contribution is 2.31. The predicted octanol–water partition coefficient (Wildman–Crippen LogP) is 3.99. The van der Waals surface area contributed by atoms with Gasteiger partial charge in [0.2, 0.25) is 0 Å². The predicted molar refractivity (Wildman–Crippen MR) is 99.9 cm³/mol. The second-order valence-corrected chi connectivity index (χ2v) is 6.36. The fourth-order valence-corrected chi connectivity index (χ4v) is 3.29. The first-order valence-electron chi connectivity index (χ1n) is 8.96. The molecule has 1 aliphatic heterocycles. The lowest BCUT2D eigenvalue weighted by molar-refractivity contribution is -0.384. The van der Waals surface area contributed by atoms with Gasteiger partial charge in [-0.15, -0.1) is 0 Å². The van der Waals surface area contributed by atoms with Gasteiger partial charge in [-0.1, -0.05) is 30.3 Å². The normalized spacial score (nSPS) is 19.4. The van der Waals surface area contributed by atoms with Crippen molar-refractivity contribution in [1.29, 1.82) is 0 Å². The van der Waals surface area contributed by atoms with Crippen LogP contribution in [0.15, 0.2) is 54.6 Å². The van der Waals surface area contributed by atoms with Crippen molar-refractivity contribution in [3.63, 3.8) is 0 Å². The number of nitro benzene ring substituents is 1. The van der Waals surface area contributed by atoms with E-state index in [9.17, 15) is 14.9 Å². The van der Waals surface area contributed by atoms with Crippen LogP contribution in [-0.2, 0) is 4.74 Å². The third kappa shape index (κ3) is 4.55. The molecule has 27 heavy (non-hydrogen) atoms. The summed E-state index contributed by atoms with van der Waals surface area (Å²) in [6.07, 6.45) is 0.196. The Hall–Kier alpha value is -3.09. The molecule has 1 heterocycles. The van der Waals surface area contributed by atoms with Gasteiger partial charge < -0.3 is 14.4 Å². The molecule has 2 aromatic rings. The first kappa shape index (κ1) is 18.7. The molecule has 0 saturated carbocycles. The number of nitrogens with zero attached hydrogens (tertiary/aromatic N) is 2. The molecule has 0 N–H and O–H groups in total. The minimum absolute atomic E-state index is 0.0143. The number of ether oxygens (including phenoxy) is 2. The van der Waals surface area contributed by atoms with E-state index >= 15 is 0 Å². The smallest absolute Gasteiger partial charge is 0.409 e. The Kier molecular flexibility index (Phi) is 5.90. The van der Waals surface area contributed by atoms with Crippen LogP contribution in [-0.4, -0.2) is 41.7 Å². The summed E-state index contributed by atoms with van der Waals surface area (Å²) in [6.45, 7) is 3.17. The number of benzene rings is 2. The Morgan fingerprint density at radius 1 is 1.19 bits per heavy atom. The molecular weight excluding hydrogens is 348 g/mol. The molecule has 1 saturated heterocycles. The zero-order valence-electron chi connectivity index (χ0n) is 15.1. The number of rotatable bonds is 5. The minimum atomic E-state index is -0.436. The van der Waals surface area contributed by atoms with Crippen molar-refractivity contribution >= 4 is 11.8 Å². The number of amides is 1. The van der Waals surface area contributed by atoms with Crippen LogP contribution < -0.4 is 4.74 Å². The summed E-state index contributed by atoms with van der Waals surface area (Å²) in [6, 6.07) is 16.0. The number of hydrogen-bond acceptors (Lipinski definition) is 5. The lowest BCUT2D eigenvalue weighted by atomic mass is 9.88. The van der Waals surface area contributed by atoms with Crippen molar-refractivity contribution in [1.82, 2.24) is 4.90 Å². The third-order valence-electron chi connectivity index (χ3n) is 4.64. The van der Waals surface area contributed by atoms with E-state index < -0.39 is 4.92 Å². The fraction of sp³-hybridized carbons (Fsp3) is 0.350. The number of nitro groups is 1. The van der Waals surface area contributed by atoms with E-state index in [1.807, 2.05) is 30.3 Å². The van der Waals surface area contributed by atoms with E-state index in [4.69, 9.17) is 9.47 Å². The average Bonchev–Trinajstić information content (AvgIpc) is 2.69. The average molecular weight is 370 g/mol. The number of non-ortho nitro benzene ring substituents is 1. The highest BCUT2D eigenvalue weighted by atomic mass is 16.6. The molecular formula is C20H22N2O5. The van der Waals surface area contributed by atoms with E-state index in [2.05, 4.69) is 0 Å². The van der Waals surface area contributed by atoms with Crippen molar-refractivity contribution in [3.05, 3.63) is 70.3 Å². The van der Waals surface area contributed by atoms with Gasteiger partial charge in [-0.3, -0.25) is 10.1 Å². The molecule has 0 aromatic heterocycles. The molecule has 2 atom stereocenters. The molecule has 0 unspecified atom stereocenters. The molecule has 7 nitrogen and oxygen atoms in total. The molecule has 0 radical (unpaired) electrons. The molecule has 7 heteroatoms. The van der Waals surface area contributed by atoms with Crippen molar-refractivity contribution in [2.45, 2.75) is 25.4 Å². The van der Waals surface area contributed by atoms with E-state index in [0.717, 1.165) is 5.56 Å². The summed E-state index contributed by atoms with van der Waals surface area (Å²) in [4.78, 5) is 24.2. The van der Waals surface area contributed by atoms with Crippen LogP contribution >= 0.6 is 0 Å². The minimum Gasteiger partial charge on any atom is -0.490 e. The van der Waals surface area contributed by atoms with Gasteiger partial charge in [0.25, 0.3) is 5.69 Å². The van der Waals surface area contributed by atoms with E-state index in [-0.39, 0.29) is 23.8 Å². The maximum Gasteiger partial charge on any atom is 0.409 e. The van der Waals surface area contributed by atoms with Gasteiger partial charge in [0, 0.05) is 37.6 Å². The van der Waals surface area contributed by atoms with Gasteiger partial charge in [-0.2, -0.15) is 0 Å². The van der Waals surface area contributed by atoms with E-state index in [0.29, 0.717) is 31.9 Å². The second-order valence-electron chi connectivity index (χ2n) is 6.36. The molecule has 3 rings (SSSR count). The topological polar surface area (TPSA) is 81.9 Å². The molecule has 1 fully saturated rings. The Balaban J connectivity index is 1.78. The maximum atomic E-state index is 12.1. The number of piperidine rings is 1. The molecule has 142 valence electrons. The van der Waals surface area contributed by atoms with Crippen LogP contribution in [0.25, 0.3) is 0 Å². The number of carbonyl (C=O) groups is 1. The van der Waals surface area contributed by atoms with Gasteiger partial charge in [0.05, 0.1) is 11.5 Å². The van der Waals surface area contributed by atoms with Crippen molar-refractivity contribution in [3.8, 4) is 5.75 Å². The number of hydrogen-bond donors (Lipinski definition) is 0. The highest BCUT2D eigenvalue weighted by Gasteiger charge is 2.34. The largest absolute Gasteiger partial charge is 0.490 e. The molecule has 1 aliphatic rings. The van der Waals surface area contributed by atoms with Crippen LogP contribution in [0.2, 0.25) is 0 Å². The molecule has 0 bridgehead atoms. The van der Waals surface area contributed by atoms with Gasteiger partial charge in [-0.25, -0.2) is 4.79 Å². The van der Waals surface area contributed by atoms with Crippen molar-refractivity contribution < 1.29 is 19.2 Å². The van der Waals surface area contributed by atoms with E-state index in [1.54, 1.807) is 24.0 Å². The zero-order chi connectivity index (χ0) is 19.2. The van der Waals surface area contributed by atoms with Gasteiger partial charge in [-0.05, 0) is 24.6 Å². The summed E-state index contributed by atoms with van der Waals surface area (Å²) in [5, 5.41) is 10.8. The Labute approximate surface area is 157 Å². The molecule has 1 amide bonds. The Morgan fingerprint density at radius 3 is 2.52 bits per heavy atom. The summed E-state index contributed by atoms with van der Waals surface area (Å²) in [7, 11) is 0. The van der Waals surface area contributed by atoms with Crippen molar-refractivity contribution in [2.75, 3.05) is 19.7 Å². The summed E-state index contributed by atoms with van der Waals surface area (Å²) in [5.41, 5.74) is 1.11. The number of likely N-dealkylation sites (tertiary alicyclic amines) is 1. The van der Waals surface area contributed by atoms with Crippen molar-refractivity contribution in [2.24, 2.45) is 0 Å². The standard InChI is InChI=1S/C20H22N2O5/c1-2-26-20(23)21-13-12-19(18(14-21)15-6-4-3-5-7-15)27-17-10-8-16(9-11-17)22(24)25/h3-11,18-19H,2,12-14H2,1H3/t18-,19+/m1/s1. The number of carbonyl (C=O) groups excluding carboxylic acids is 1. The highest BCUT2D eigenvalue weighted by molar-refractivity contribution is 5.68. The zero-order valence-corrected chi connectivity index (χ0v) is 15.1. The fourth-order valence-electron chi connectivity index (χ4n) is 3.29. The van der Waals surface area contributed by atoms with E-state index in [1.165, 1.54) is 12.1 Å². The SMILES string of the molecule is CCOC(=O)N1CC[C@H](Oc2ccc([N+](=O)[O-])cc2)[C@@H](c2ccccc2)C1. The monoisotopic (exact) mass is 370 g/mol. The van der Waals surface area contributed by atoms with Gasteiger partial charge in [0.15, 0.2) is 0 Å². The summed E-state index contributed by atoms with van der Waals surface area (Å²) in [5.74, 6) is 0.565. The lowest BCUT2D eigenvalue weighted by Gasteiger charge is -2.38. The summed E-state index contributed by atoms with van der Waals surface area (Å²) >= 11 is 0. The maximum absolute atomic E-state index is 12.1. The Morgan fingerprint density at radius 2 is 1.89 bits per heavy atom. The third-order valence-corrected chi connectivity index (χ3v) is 4.64. The van der Waals surface area contributed by atoms with Crippen LogP contribution in [0.3, 0.4) is 0 Å². The van der Waals surface area contributed by atoms with Gasteiger partial charge >= 0.3 is 6.09 Å². The second kappa shape index (κ2) is 8.53. The first-order valence-corrected chi connectivity index (χ1v) is 8.96. The van der Waals surface area contributed by atoms with Gasteiger partial charge in [0.1, 0.15) is 11.9 Å². The lowest BCUT2D eigenvalue weighted by Crippen LogP contribution is -2.47. The Bertz CT molecular complexity index is 779. The van der Waals surface area contributed by atoms with Crippen LogP contribution in [0, 0.1) is 10.1 Å². The quantitative estimate of drug-likeness (QED) is 0.587. The van der Waals surface area contributed by atoms with Crippen LogP contribution in [0.1, 0.15) is 24.8 Å². The molecule has 0 spiro atoms. The molecule has 2 aromatic carbocycles. The first-order chi connectivity index (χ1) is 13.1. The van der Waals surface area contributed by atoms with Crippen LogP contribution in [0.5, 0.6) is 5.75 Å². The summed E-state index contributed by atoms with van der Waals surface area (Å²) < 4.78 is 11.3. The van der Waals surface area contributed by atoms with Crippen LogP contribution in [0.4, 0.5) is 10.5 Å².